The Hall–Kier alpha value is -2.16. The lowest BCUT2D eigenvalue weighted by atomic mass is 10.3. The van der Waals surface area contributed by atoms with Crippen LogP contribution in [0.1, 0.15) is 26.7 Å². The van der Waals surface area contributed by atoms with E-state index in [-0.39, 0.29) is 19.0 Å². The van der Waals surface area contributed by atoms with Crippen LogP contribution in [0.15, 0.2) is 0 Å². The number of nitrogens with zero attached hydrogens (tertiary/aromatic N) is 2. The van der Waals surface area contributed by atoms with Crippen LogP contribution in [0, 0.1) is 0 Å². The van der Waals surface area contributed by atoms with Gasteiger partial charge in [0.15, 0.2) is 0 Å². The third kappa shape index (κ3) is 8.15. The van der Waals surface area contributed by atoms with Crippen LogP contribution in [0.5, 0.6) is 0 Å². The van der Waals surface area contributed by atoms with Gasteiger partial charge in [-0.05, 0) is 12.8 Å². The van der Waals surface area contributed by atoms with Gasteiger partial charge in [-0.3, -0.25) is 19.2 Å². The van der Waals surface area contributed by atoms with E-state index in [2.05, 4.69) is 5.32 Å². The van der Waals surface area contributed by atoms with Crippen molar-refractivity contribution in [2.45, 2.75) is 32.7 Å². The molecule has 0 fully saturated rings. The Morgan fingerprint density at radius 1 is 1.17 bits per heavy atom. The largest absolute Gasteiger partial charge is 0.394 e. The highest BCUT2D eigenvalue weighted by atomic mass is 16.3. The molecule has 0 rings (SSSR count). The van der Waals surface area contributed by atoms with Crippen LogP contribution in [0.2, 0.25) is 0 Å². The normalized spacial score (nSPS) is 11.4. The van der Waals surface area contributed by atoms with E-state index >= 15 is 0 Å². The molecule has 4 N–H and O–H groups in total. The molecule has 0 aromatic carbocycles. The minimum atomic E-state index is -1.19. The molecule has 9 heteroatoms. The summed E-state index contributed by atoms with van der Waals surface area (Å²) in [5, 5.41) is 11.2. The molecule has 0 aromatic heterocycles. The zero-order chi connectivity index (χ0) is 17.8. The number of nitrogens with two attached hydrogens (primary N) is 1. The molecular weight excluding hydrogens is 304 g/mol. The van der Waals surface area contributed by atoms with E-state index in [4.69, 9.17) is 10.8 Å². The van der Waals surface area contributed by atoms with E-state index in [0.717, 1.165) is 6.42 Å². The Bertz CT molecular complexity index is 416. The number of rotatable bonds is 12. The lowest BCUT2D eigenvalue weighted by Crippen LogP contribution is -2.51. The number of hydrogen-bond donors (Lipinski definition) is 3. The first-order valence-corrected chi connectivity index (χ1v) is 7.56. The molecule has 0 aliphatic heterocycles. The summed E-state index contributed by atoms with van der Waals surface area (Å²) in [7, 11) is 0. The van der Waals surface area contributed by atoms with Gasteiger partial charge in [-0.1, -0.05) is 13.8 Å². The Kier molecular flexibility index (Phi) is 10.3. The van der Waals surface area contributed by atoms with Gasteiger partial charge in [-0.2, -0.15) is 0 Å². The second-order valence-electron chi connectivity index (χ2n) is 5.10. The summed E-state index contributed by atoms with van der Waals surface area (Å²) >= 11 is 0. The molecule has 132 valence electrons. The molecule has 0 saturated heterocycles. The molecule has 0 heterocycles. The van der Waals surface area contributed by atoms with Crippen molar-refractivity contribution in [1.29, 1.82) is 0 Å². The Morgan fingerprint density at radius 3 is 2.22 bits per heavy atom. The maximum atomic E-state index is 12.2. The second-order valence-corrected chi connectivity index (χ2v) is 5.10. The number of hydrogen-bond acceptors (Lipinski definition) is 5. The molecule has 0 saturated carbocycles. The average Bonchev–Trinajstić information content (AvgIpc) is 2.51. The van der Waals surface area contributed by atoms with E-state index in [1.54, 1.807) is 0 Å². The summed E-state index contributed by atoms with van der Waals surface area (Å²) in [5.41, 5.74) is 5.02. The first kappa shape index (κ1) is 20.8. The third-order valence-corrected chi connectivity index (χ3v) is 3.04. The van der Waals surface area contributed by atoms with E-state index in [0.29, 0.717) is 25.9 Å². The zero-order valence-electron chi connectivity index (χ0n) is 13.7. The predicted octanol–water partition coefficient (Wildman–Crippen LogP) is -1.94. The molecule has 0 bridgehead atoms. The van der Waals surface area contributed by atoms with Crippen LogP contribution in [0.4, 0.5) is 0 Å². The maximum Gasteiger partial charge on any atom is 0.242 e. The number of amides is 4. The topological polar surface area (TPSA) is 133 Å². The third-order valence-electron chi connectivity index (χ3n) is 3.04. The highest BCUT2D eigenvalue weighted by molar-refractivity contribution is 5.90. The van der Waals surface area contributed by atoms with E-state index in [1.165, 1.54) is 9.80 Å². The summed E-state index contributed by atoms with van der Waals surface area (Å²) in [6.07, 6.45) is 1.95. The zero-order valence-corrected chi connectivity index (χ0v) is 13.7. The number of carbonyl (C=O) groups excluding carboxylic acids is 4. The first-order valence-electron chi connectivity index (χ1n) is 7.56. The molecule has 0 spiro atoms. The molecule has 0 radical (unpaired) electrons. The number of aliphatic hydroxyl groups is 1. The maximum absolute atomic E-state index is 12.2. The van der Waals surface area contributed by atoms with Gasteiger partial charge in [-0.25, -0.2) is 0 Å². The lowest BCUT2D eigenvalue weighted by Gasteiger charge is -2.25. The summed E-state index contributed by atoms with van der Waals surface area (Å²) in [6.45, 7) is 3.54. The van der Waals surface area contributed by atoms with Crippen LogP contribution in [-0.2, 0) is 19.2 Å². The standard InChI is InChI=1S/C14H26N4O5/c1-3-5-17(10-20)8-13(22)18(6-4-2)7-12(21)16-11(9-19)14(15)23/h10-11,19H,3-9H2,1-2H3,(H2,15,23)(H,16,21). The fourth-order valence-electron chi connectivity index (χ4n) is 1.91. The Balaban J connectivity index is 4.71. The monoisotopic (exact) mass is 330 g/mol. The van der Waals surface area contributed by atoms with Gasteiger partial charge in [0.1, 0.15) is 6.04 Å². The quantitative estimate of drug-likeness (QED) is 0.358. The summed E-state index contributed by atoms with van der Waals surface area (Å²) in [4.78, 5) is 48.6. The van der Waals surface area contributed by atoms with Gasteiger partial charge in [0.25, 0.3) is 0 Å². The van der Waals surface area contributed by atoms with Crippen molar-refractivity contribution in [2.24, 2.45) is 5.73 Å². The fraction of sp³-hybridized carbons (Fsp3) is 0.714. The van der Waals surface area contributed by atoms with Gasteiger partial charge in [0, 0.05) is 13.1 Å². The van der Waals surface area contributed by atoms with E-state index < -0.39 is 24.5 Å². The summed E-state index contributed by atoms with van der Waals surface area (Å²) in [6, 6.07) is -1.19. The van der Waals surface area contributed by atoms with Crippen LogP contribution in [0.3, 0.4) is 0 Å². The second kappa shape index (κ2) is 11.4. The number of nitrogens with one attached hydrogen (secondary N) is 1. The first-order chi connectivity index (χ1) is 10.9. The minimum Gasteiger partial charge on any atom is -0.394 e. The van der Waals surface area contributed by atoms with Gasteiger partial charge >= 0.3 is 0 Å². The molecule has 4 amide bonds. The molecule has 1 atom stereocenters. The SMILES string of the molecule is CCCN(C=O)CC(=O)N(CCC)CC(=O)NC(CO)C(N)=O. The van der Waals surface area contributed by atoms with Gasteiger partial charge < -0.3 is 26.0 Å². The number of primary amides is 1. The van der Waals surface area contributed by atoms with Crippen molar-refractivity contribution < 1.29 is 24.3 Å². The Morgan fingerprint density at radius 2 is 1.78 bits per heavy atom. The molecule has 0 aliphatic carbocycles. The number of carbonyl (C=O) groups is 4. The number of aliphatic hydroxyl groups excluding tert-OH is 1. The Labute approximate surface area is 135 Å². The average molecular weight is 330 g/mol. The molecule has 9 nitrogen and oxygen atoms in total. The van der Waals surface area contributed by atoms with Crippen LogP contribution < -0.4 is 11.1 Å². The summed E-state index contributed by atoms with van der Waals surface area (Å²) < 4.78 is 0. The van der Waals surface area contributed by atoms with Crippen molar-refractivity contribution in [3.63, 3.8) is 0 Å². The summed E-state index contributed by atoms with van der Waals surface area (Å²) in [5.74, 6) is -1.82. The lowest BCUT2D eigenvalue weighted by molar-refractivity contribution is -0.139. The van der Waals surface area contributed by atoms with Gasteiger partial charge in [-0.15, -0.1) is 0 Å². The van der Waals surface area contributed by atoms with Crippen LogP contribution in [0.25, 0.3) is 0 Å². The van der Waals surface area contributed by atoms with Crippen LogP contribution in [-0.4, -0.2) is 77.9 Å². The molecular formula is C14H26N4O5. The van der Waals surface area contributed by atoms with Crippen LogP contribution >= 0.6 is 0 Å². The van der Waals surface area contributed by atoms with Crippen molar-refractivity contribution in [3.8, 4) is 0 Å². The highest BCUT2D eigenvalue weighted by Crippen LogP contribution is 1.97. The highest BCUT2D eigenvalue weighted by Gasteiger charge is 2.22. The van der Waals surface area contributed by atoms with E-state index in [1.807, 2.05) is 13.8 Å². The molecule has 1 unspecified atom stereocenters. The molecule has 0 aliphatic rings. The van der Waals surface area contributed by atoms with Gasteiger partial charge in [0.2, 0.25) is 24.1 Å². The van der Waals surface area contributed by atoms with Gasteiger partial charge in [0.05, 0.1) is 19.7 Å². The minimum absolute atomic E-state index is 0.107. The van der Waals surface area contributed by atoms with Crippen molar-refractivity contribution in [3.05, 3.63) is 0 Å². The fourth-order valence-corrected chi connectivity index (χ4v) is 1.91. The predicted molar refractivity (Wildman–Crippen MR) is 83.0 cm³/mol. The van der Waals surface area contributed by atoms with E-state index in [9.17, 15) is 19.2 Å². The smallest absolute Gasteiger partial charge is 0.242 e. The van der Waals surface area contributed by atoms with Crippen molar-refractivity contribution in [1.82, 2.24) is 15.1 Å². The molecule has 0 aromatic rings. The van der Waals surface area contributed by atoms with Crippen molar-refractivity contribution in [2.75, 3.05) is 32.8 Å². The van der Waals surface area contributed by atoms with Crippen molar-refractivity contribution >= 4 is 24.1 Å². The molecule has 23 heavy (non-hydrogen) atoms.